The molecule has 12 heteroatoms. The van der Waals surface area contributed by atoms with Crippen molar-refractivity contribution in [2.75, 3.05) is 24.7 Å². The van der Waals surface area contributed by atoms with Crippen LogP contribution in [0.3, 0.4) is 0 Å². The Bertz CT molecular complexity index is 1610. The molecule has 1 aromatic heterocycles. The predicted molar refractivity (Wildman–Crippen MR) is 146 cm³/mol. The van der Waals surface area contributed by atoms with Crippen molar-refractivity contribution in [2.45, 2.75) is 20.0 Å². The molecule has 10 nitrogen and oxygen atoms in total. The Morgan fingerprint density at radius 1 is 1.02 bits per heavy atom. The Kier molecular flexibility index (Phi) is 8.25. The van der Waals surface area contributed by atoms with E-state index in [-0.39, 0.29) is 66.7 Å². The highest BCUT2D eigenvalue weighted by molar-refractivity contribution is 6.34. The van der Waals surface area contributed by atoms with Crippen LogP contribution in [0.4, 0.5) is 10.1 Å². The molecule has 2 heterocycles. The van der Waals surface area contributed by atoms with Gasteiger partial charge in [0.2, 0.25) is 11.8 Å². The Labute approximate surface area is 239 Å². The number of aromatic nitrogens is 2. The van der Waals surface area contributed by atoms with Crippen molar-refractivity contribution >= 4 is 35.1 Å². The number of rotatable bonds is 8. The first kappa shape index (κ1) is 27.8. The average Bonchev–Trinajstić information content (AvgIpc) is 3.36. The SMILES string of the molecule is CC(=O)OCCOc1ccc(C(=O)N2CC(=O)N(Cc3nnc(-c4ccccc4F)o3)Cc3ccccc32)c(Cl)c1. The summed E-state index contributed by atoms with van der Waals surface area (Å²) in [6.45, 7) is 1.38. The van der Waals surface area contributed by atoms with Gasteiger partial charge in [-0.05, 0) is 42.0 Å². The number of fused-ring (bicyclic) bond motifs is 1. The van der Waals surface area contributed by atoms with Crippen LogP contribution in [0.15, 0.2) is 71.1 Å². The molecule has 4 aromatic rings. The molecule has 0 saturated carbocycles. The number of ether oxygens (including phenoxy) is 2. The van der Waals surface area contributed by atoms with Crippen LogP contribution in [0.2, 0.25) is 5.02 Å². The van der Waals surface area contributed by atoms with Crippen LogP contribution in [-0.4, -0.2) is 52.6 Å². The fourth-order valence-corrected chi connectivity index (χ4v) is 4.57. The number of esters is 1. The summed E-state index contributed by atoms with van der Waals surface area (Å²) in [6, 6.07) is 17.8. The number of benzene rings is 3. The first-order chi connectivity index (χ1) is 19.8. The van der Waals surface area contributed by atoms with Gasteiger partial charge in [0.1, 0.15) is 31.3 Å². The van der Waals surface area contributed by atoms with E-state index in [1.807, 2.05) is 12.1 Å². The third-order valence-corrected chi connectivity index (χ3v) is 6.57. The van der Waals surface area contributed by atoms with E-state index in [0.717, 1.165) is 5.56 Å². The first-order valence-corrected chi connectivity index (χ1v) is 13.0. The molecule has 210 valence electrons. The number of para-hydroxylation sites is 1. The summed E-state index contributed by atoms with van der Waals surface area (Å²) in [5, 5.41) is 8.06. The van der Waals surface area contributed by atoms with Crippen LogP contribution < -0.4 is 9.64 Å². The molecule has 0 saturated heterocycles. The predicted octanol–water partition coefficient (Wildman–Crippen LogP) is 4.66. The number of anilines is 1. The molecule has 0 spiro atoms. The minimum absolute atomic E-state index is 0.00558. The number of hydrogen-bond donors (Lipinski definition) is 0. The normalized spacial score (nSPS) is 13.0. The van der Waals surface area contributed by atoms with Gasteiger partial charge in [0, 0.05) is 19.2 Å². The van der Waals surface area contributed by atoms with Gasteiger partial charge in [-0.15, -0.1) is 10.2 Å². The summed E-state index contributed by atoms with van der Waals surface area (Å²) >= 11 is 6.45. The highest BCUT2D eigenvalue weighted by Gasteiger charge is 2.31. The lowest BCUT2D eigenvalue weighted by atomic mass is 10.1. The number of halogens is 2. The maximum absolute atomic E-state index is 14.2. The van der Waals surface area contributed by atoms with Crippen LogP contribution in [0, 0.1) is 5.82 Å². The van der Waals surface area contributed by atoms with E-state index in [2.05, 4.69) is 10.2 Å². The zero-order valence-electron chi connectivity index (χ0n) is 21.9. The molecule has 0 fully saturated rings. The van der Waals surface area contributed by atoms with E-state index in [0.29, 0.717) is 11.4 Å². The summed E-state index contributed by atoms with van der Waals surface area (Å²) in [5.41, 5.74) is 1.63. The lowest BCUT2D eigenvalue weighted by Gasteiger charge is -2.23. The van der Waals surface area contributed by atoms with Crippen LogP contribution >= 0.6 is 11.6 Å². The molecule has 0 N–H and O–H groups in total. The molecule has 0 radical (unpaired) electrons. The fraction of sp³-hybridized carbons (Fsp3) is 0.207. The van der Waals surface area contributed by atoms with Crippen LogP contribution in [-0.2, 0) is 27.4 Å². The van der Waals surface area contributed by atoms with Gasteiger partial charge in [0.25, 0.3) is 11.8 Å². The van der Waals surface area contributed by atoms with Gasteiger partial charge in [0.15, 0.2) is 0 Å². The van der Waals surface area contributed by atoms with E-state index >= 15 is 0 Å². The highest BCUT2D eigenvalue weighted by atomic mass is 35.5. The van der Waals surface area contributed by atoms with Crippen molar-refractivity contribution < 1.29 is 32.7 Å². The van der Waals surface area contributed by atoms with E-state index in [1.54, 1.807) is 30.3 Å². The average molecular weight is 579 g/mol. The number of carbonyl (C=O) groups is 3. The second kappa shape index (κ2) is 12.2. The molecule has 3 aromatic carbocycles. The summed E-state index contributed by atoms with van der Waals surface area (Å²) in [5.74, 6) is -1.22. The monoisotopic (exact) mass is 578 g/mol. The van der Waals surface area contributed by atoms with Crippen LogP contribution in [0.1, 0.15) is 28.7 Å². The molecular weight excluding hydrogens is 555 g/mol. The van der Waals surface area contributed by atoms with Crippen molar-refractivity contribution in [3.63, 3.8) is 0 Å². The maximum atomic E-state index is 14.2. The van der Waals surface area contributed by atoms with Crippen molar-refractivity contribution in [2.24, 2.45) is 0 Å². The maximum Gasteiger partial charge on any atom is 0.302 e. The van der Waals surface area contributed by atoms with Gasteiger partial charge in [-0.2, -0.15) is 0 Å². The highest BCUT2D eigenvalue weighted by Crippen LogP contribution is 2.31. The molecule has 0 bridgehead atoms. The second-order valence-electron chi connectivity index (χ2n) is 9.08. The topological polar surface area (TPSA) is 115 Å². The largest absolute Gasteiger partial charge is 0.490 e. The summed E-state index contributed by atoms with van der Waals surface area (Å²) in [7, 11) is 0. The lowest BCUT2D eigenvalue weighted by Crippen LogP contribution is -2.40. The van der Waals surface area contributed by atoms with Crippen molar-refractivity contribution in [1.82, 2.24) is 15.1 Å². The zero-order chi connectivity index (χ0) is 28.9. The number of carbonyl (C=O) groups excluding carboxylic acids is 3. The molecule has 0 aliphatic carbocycles. The smallest absolute Gasteiger partial charge is 0.302 e. The Morgan fingerprint density at radius 3 is 2.59 bits per heavy atom. The van der Waals surface area contributed by atoms with Crippen LogP contribution in [0.5, 0.6) is 5.75 Å². The van der Waals surface area contributed by atoms with Crippen molar-refractivity contribution in [3.8, 4) is 17.2 Å². The zero-order valence-corrected chi connectivity index (χ0v) is 22.6. The first-order valence-electron chi connectivity index (χ1n) is 12.6. The molecule has 1 aliphatic heterocycles. The standard InChI is InChI=1S/C29H24ClFN4O6/c1-18(36)39-12-13-40-20-10-11-21(23(30)14-20)29(38)35-17-27(37)34(15-19-6-2-5-9-25(19)35)16-26-32-33-28(41-26)22-7-3-4-8-24(22)31/h2-11,14H,12-13,15-17H2,1H3. The van der Waals surface area contributed by atoms with Crippen molar-refractivity contribution in [3.05, 3.63) is 94.6 Å². The number of amides is 2. The minimum atomic E-state index is -0.503. The third-order valence-electron chi connectivity index (χ3n) is 6.26. The molecular formula is C29H24ClFN4O6. The Morgan fingerprint density at radius 2 is 1.80 bits per heavy atom. The van der Waals surface area contributed by atoms with Gasteiger partial charge < -0.3 is 18.8 Å². The van der Waals surface area contributed by atoms with E-state index < -0.39 is 17.7 Å². The molecule has 2 amide bonds. The van der Waals surface area contributed by atoms with Gasteiger partial charge in [0.05, 0.1) is 22.7 Å². The summed E-state index contributed by atoms with van der Waals surface area (Å²) in [6.07, 6.45) is 0. The van der Waals surface area contributed by atoms with Gasteiger partial charge in [-0.3, -0.25) is 19.3 Å². The second-order valence-corrected chi connectivity index (χ2v) is 9.49. The van der Waals surface area contributed by atoms with Gasteiger partial charge in [-0.1, -0.05) is 41.9 Å². The molecule has 41 heavy (non-hydrogen) atoms. The third kappa shape index (κ3) is 6.36. The van der Waals surface area contributed by atoms with E-state index in [1.165, 1.54) is 41.0 Å². The van der Waals surface area contributed by atoms with E-state index in [4.69, 9.17) is 25.5 Å². The number of hydrogen-bond acceptors (Lipinski definition) is 8. The van der Waals surface area contributed by atoms with Gasteiger partial charge in [-0.25, -0.2) is 4.39 Å². The summed E-state index contributed by atoms with van der Waals surface area (Å²) < 4.78 is 30.2. The molecule has 1 aliphatic rings. The van der Waals surface area contributed by atoms with Crippen LogP contribution in [0.25, 0.3) is 11.5 Å². The summed E-state index contributed by atoms with van der Waals surface area (Å²) in [4.78, 5) is 40.8. The Hall–Kier alpha value is -4.77. The molecule has 5 rings (SSSR count). The fourth-order valence-electron chi connectivity index (χ4n) is 4.32. The quantitative estimate of drug-likeness (QED) is 0.219. The van der Waals surface area contributed by atoms with Gasteiger partial charge >= 0.3 is 5.97 Å². The van der Waals surface area contributed by atoms with Crippen molar-refractivity contribution in [1.29, 1.82) is 0 Å². The number of nitrogens with zero attached hydrogens (tertiary/aromatic N) is 4. The minimum Gasteiger partial charge on any atom is -0.490 e. The molecule has 0 atom stereocenters. The lowest BCUT2D eigenvalue weighted by molar-refractivity contribution is -0.141. The Balaban J connectivity index is 1.34. The molecule has 0 unspecified atom stereocenters. The van der Waals surface area contributed by atoms with E-state index in [9.17, 15) is 18.8 Å².